The molecule has 0 fully saturated rings. The molecule has 0 spiro atoms. The van der Waals surface area contributed by atoms with Crippen LogP contribution in [0.4, 0.5) is 5.69 Å². The summed E-state index contributed by atoms with van der Waals surface area (Å²) >= 11 is 0. The largest absolute Gasteiger partial charge is 0.507 e. The number of hydrogen-bond acceptors (Lipinski definition) is 8. The monoisotopic (exact) mass is 387 g/mol. The van der Waals surface area contributed by atoms with E-state index in [1.165, 1.54) is 24.3 Å². The van der Waals surface area contributed by atoms with Crippen LogP contribution in [-0.2, 0) is 9.53 Å². The Morgan fingerprint density at radius 3 is 2.61 bits per heavy atom. The number of carbonyl (C=O) groups is 2. The lowest BCUT2D eigenvalue weighted by Crippen LogP contribution is -2.24. The number of nitro benzene ring substituents is 1. The Kier molecular flexibility index (Phi) is 7.03. The van der Waals surface area contributed by atoms with Crippen LogP contribution in [0.15, 0.2) is 47.6 Å². The number of rotatable bonds is 8. The Balaban J connectivity index is 1.86. The lowest BCUT2D eigenvalue weighted by molar-refractivity contribution is -0.384. The fourth-order valence-electron chi connectivity index (χ4n) is 2.02. The van der Waals surface area contributed by atoms with Crippen molar-refractivity contribution in [1.29, 1.82) is 0 Å². The predicted octanol–water partition coefficient (Wildman–Crippen LogP) is 2.01. The minimum absolute atomic E-state index is 0.0740. The van der Waals surface area contributed by atoms with Crippen LogP contribution in [0.1, 0.15) is 22.8 Å². The number of phenols is 1. The van der Waals surface area contributed by atoms with Crippen LogP contribution in [0, 0.1) is 10.1 Å². The molecule has 0 unspecified atom stereocenters. The molecule has 0 heterocycles. The normalized spacial score (nSPS) is 10.5. The summed E-state index contributed by atoms with van der Waals surface area (Å²) in [4.78, 5) is 33.4. The second-order valence-corrected chi connectivity index (χ2v) is 5.33. The average Bonchev–Trinajstić information content (AvgIpc) is 2.68. The van der Waals surface area contributed by atoms with Gasteiger partial charge in [-0.15, -0.1) is 0 Å². The van der Waals surface area contributed by atoms with Crippen LogP contribution < -0.4 is 10.2 Å². The summed E-state index contributed by atoms with van der Waals surface area (Å²) in [5.41, 5.74) is 2.39. The zero-order valence-corrected chi connectivity index (χ0v) is 14.8. The van der Waals surface area contributed by atoms with E-state index in [4.69, 9.17) is 9.47 Å². The molecule has 2 N–H and O–H groups in total. The molecule has 0 aliphatic heterocycles. The number of non-ortho nitro benzene ring substituents is 1. The van der Waals surface area contributed by atoms with Gasteiger partial charge >= 0.3 is 5.97 Å². The third-order valence-electron chi connectivity index (χ3n) is 3.35. The summed E-state index contributed by atoms with van der Waals surface area (Å²) < 4.78 is 10.1. The Morgan fingerprint density at radius 1 is 1.25 bits per heavy atom. The fraction of sp³-hybridized carbons (Fsp3) is 0.167. The van der Waals surface area contributed by atoms with Gasteiger partial charge in [0.15, 0.2) is 6.61 Å². The fourth-order valence-corrected chi connectivity index (χ4v) is 2.02. The van der Waals surface area contributed by atoms with Gasteiger partial charge in [-0.25, -0.2) is 10.2 Å². The number of esters is 1. The van der Waals surface area contributed by atoms with Crippen molar-refractivity contribution in [1.82, 2.24) is 5.43 Å². The van der Waals surface area contributed by atoms with Gasteiger partial charge in [-0.1, -0.05) is 0 Å². The van der Waals surface area contributed by atoms with Gasteiger partial charge in [0.1, 0.15) is 11.5 Å². The van der Waals surface area contributed by atoms with Gasteiger partial charge in [0, 0.05) is 17.7 Å². The first-order chi connectivity index (χ1) is 13.4. The molecule has 0 saturated carbocycles. The molecule has 0 saturated heterocycles. The molecule has 146 valence electrons. The highest BCUT2D eigenvalue weighted by Crippen LogP contribution is 2.21. The highest BCUT2D eigenvalue weighted by atomic mass is 16.6. The number of nitrogens with zero attached hydrogens (tertiary/aromatic N) is 2. The van der Waals surface area contributed by atoms with Gasteiger partial charge in [-0.3, -0.25) is 14.9 Å². The minimum atomic E-state index is -0.615. The third-order valence-corrected chi connectivity index (χ3v) is 3.35. The smallest absolute Gasteiger partial charge is 0.338 e. The second kappa shape index (κ2) is 9.67. The van der Waals surface area contributed by atoms with Gasteiger partial charge < -0.3 is 14.6 Å². The van der Waals surface area contributed by atoms with Crippen LogP contribution in [0.5, 0.6) is 11.5 Å². The molecule has 0 radical (unpaired) electrons. The summed E-state index contributed by atoms with van der Waals surface area (Å²) in [7, 11) is 0. The number of nitrogens with one attached hydrogen (secondary N) is 1. The number of hydrogen-bond donors (Lipinski definition) is 2. The van der Waals surface area contributed by atoms with Crippen LogP contribution in [0.3, 0.4) is 0 Å². The first-order valence-corrected chi connectivity index (χ1v) is 8.10. The van der Waals surface area contributed by atoms with Gasteiger partial charge in [-0.2, -0.15) is 5.10 Å². The van der Waals surface area contributed by atoms with Crippen molar-refractivity contribution >= 4 is 23.8 Å². The van der Waals surface area contributed by atoms with Gasteiger partial charge in [0.25, 0.3) is 11.6 Å². The number of carbonyl (C=O) groups excluding carboxylic acids is 2. The van der Waals surface area contributed by atoms with E-state index in [-0.39, 0.29) is 30.2 Å². The molecule has 28 heavy (non-hydrogen) atoms. The third kappa shape index (κ3) is 5.80. The number of phenolic OH excluding ortho intramolecular Hbond substituents is 1. The van der Waals surface area contributed by atoms with Crippen molar-refractivity contribution in [3.63, 3.8) is 0 Å². The zero-order valence-electron chi connectivity index (χ0n) is 14.8. The lowest BCUT2D eigenvalue weighted by atomic mass is 10.2. The van der Waals surface area contributed by atoms with E-state index in [0.717, 1.165) is 24.4 Å². The molecule has 0 atom stereocenters. The van der Waals surface area contributed by atoms with Crippen molar-refractivity contribution in [3.8, 4) is 11.5 Å². The van der Waals surface area contributed by atoms with E-state index < -0.39 is 16.8 Å². The van der Waals surface area contributed by atoms with Crippen molar-refractivity contribution in [2.75, 3.05) is 13.2 Å². The van der Waals surface area contributed by atoms with Crippen molar-refractivity contribution in [2.24, 2.45) is 5.10 Å². The summed E-state index contributed by atoms with van der Waals surface area (Å²) in [5, 5.41) is 24.0. The average molecular weight is 387 g/mol. The van der Waals surface area contributed by atoms with Gasteiger partial charge in [-0.05, 0) is 37.3 Å². The summed E-state index contributed by atoms with van der Waals surface area (Å²) in [6, 6.07) is 9.47. The molecule has 0 aliphatic rings. The van der Waals surface area contributed by atoms with E-state index in [0.29, 0.717) is 11.3 Å². The first-order valence-electron chi connectivity index (χ1n) is 8.10. The SMILES string of the molecule is CCOC(=O)c1ccc(OCC(=O)NN=Cc2cc([N+](=O)[O-])ccc2O)cc1. The van der Waals surface area contributed by atoms with Crippen LogP contribution >= 0.6 is 0 Å². The van der Waals surface area contributed by atoms with E-state index in [1.54, 1.807) is 6.92 Å². The predicted molar refractivity (Wildman–Crippen MR) is 98.4 cm³/mol. The Morgan fingerprint density at radius 2 is 1.96 bits per heavy atom. The molecular weight excluding hydrogens is 370 g/mol. The highest BCUT2D eigenvalue weighted by Gasteiger charge is 2.09. The number of nitro groups is 1. The maximum atomic E-state index is 11.7. The Labute approximate surface area is 159 Å². The maximum Gasteiger partial charge on any atom is 0.338 e. The standard InChI is InChI=1S/C18H17N3O7/c1-2-27-18(24)12-3-6-15(7-4-12)28-11-17(23)20-19-10-13-9-14(21(25)26)5-8-16(13)22/h3-10,22H,2,11H2,1H3,(H,20,23). The molecule has 0 aromatic heterocycles. The van der Waals surface area contributed by atoms with Gasteiger partial charge in [0.05, 0.1) is 23.3 Å². The molecule has 2 aromatic rings. The van der Waals surface area contributed by atoms with E-state index in [9.17, 15) is 24.8 Å². The quantitative estimate of drug-likeness (QED) is 0.305. The highest BCUT2D eigenvalue weighted by molar-refractivity contribution is 5.89. The Bertz CT molecular complexity index is 895. The van der Waals surface area contributed by atoms with Crippen molar-refractivity contribution < 1.29 is 29.1 Å². The second-order valence-electron chi connectivity index (χ2n) is 5.33. The molecule has 0 aliphatic carbocycles. The van der Waals surface area contributed by atoms with E-state index in [1.807, 2.05) is 0 Å². The molecule has 10 nitrogen and oxygen atoms in total. The minimum Gasteiger partial charge on any atom is -0.507 e. The van der Waals surface area contributed by atoms with E-state index >= 15 is 0 Å². The molecule has 2 aromatic carbocycles. The molecule has 2 rings (SSSR count). The molecule has 0 bridgehead atoms. The maximum absolute atomic E-state index is 11.7. The number of benzene rings is 2. The number of ether oxygens (including phenoxy) is 2. The Hall–Kier alpha value is -3.95. The van der Waals surface area contributed by atoms with Crippen LogP contribution in [0.2, 0.25) is 0 Å². The first kappa shape index (κ1) is 20.4. The van der Waals surface area contributed by atoms with E-state index in [2.05, 4.69) is 10.5 Å². The van der Waals surface area contributed by atoms with Crippen molar-refractivity contribution in [2.45, 2.75) is 6.92 Å². The zero-order chi connectivity index (χ0) is 20.5. The van der Waals surface area contributed by atoms with Crippen LogP contribution in [0.25, 0.3) is 0 Å². The topological polar surface area (TPSA) is 140 Å². The van der Waals surface area contributed by atoms with Crippen LogP contribution in [-0.4, -0.2) is 41.3 Å². The van der Waals surface area contributed by atoms with Gasteiger partial charge in [0.2, 0.25) is 0 Å². The number of amides is 1. The van der Waals surface area contributed by atoms with Crippen molar-refractivity contribution in [3.05, 3.63) is 63.7 Å². The summed E-state index contributed by atoms with van der Waals surface area (Å²) in [6.07, 6.45) is 1.08. The number of aromatic hydroxyl groups is 1. The summed E-state index contributed by atoms with van der Waals surface area (Å²) in [6.45, 7) is 1.62. The lowest BCUT2D eigenvalue weighted by Gasteiger charge is -2.06. The number of hydrazone groups is 1. The summed E-state index contributed by atoms with van der Waals surface area (Å²) in [5.74, 6) is -0.897. The molecule has 1 amide bonds. The molecule has 10 heteroatoms. The molecular formula is C18H17N3O7.